The van der Waals surface area contributed by atoms with Gasteiger partial charge in [0.2, 0.25) is 15.8 Å². The Bertz CT molecular complexity index is 784. The summed E-state index contributed by atoms with van der Waals surface area (Å²) in [6.07, 6.45) is 4.50. The van der Waals surface area contributed by atoms with Crippen LogP contribution in [0.25, 0.3) is 11.6 Å². The van der Waals surface area contributed by atoms with Crippen molar-refractivity contribution in [1.29, 1.82) is 0 Å². The van der Waals surface area contributed by atoms with Crippen molar-refractivity contribution in [3.63, 3.8) is 0 Å². The Labute approximate surface area is 121 Å². The average molecular weight is 312 g/mol. The van der Waals surface area contributed by atoms with E-state index in [1.54, 1.807) is 16.7 Å². The predicted molar refractivity (Wildman–Crippen MR) is 75.3 cm³/mol. The van der Waals surface area contributed by atoms with Crippen molar-refractivity contribution in [3.05, 3.63) is 28.9 Å². The van der Waals surface area contributed by atoms with E-state index >= 15 is 0 Å². The lowest BCUT2D eigenvalue weighted by Gasteiger charge is -2.01. The molecule has 0 unspecified atom stereocenters. The van der Waals surface area contributed by atoms with Gasteiger partial charge in [-0.2, -0.15) is 0 Å². The zero-order chi connectivity index (χ0) is 15.0. The Hall–Kier alpha value is -1.87. The summed E-state index contributed by atoms with van der Waals surface area (Å²) in [5.74, 6) is 1.03. The number of nitrogens with one attached hydrogen (secondary N) is 1. The SMILES string of the molecule is CS(=O)(=O)NCCn1nc(-c2ccco2)n(C2CC2)c1=O. The van der Waals surface area contributed by atoms with E-state index in [0.717, 1.165) is 19.1 Å². The third kappa shape index (κ3) is 3.08. The van der Waals surface area contributed by atoms with Gasteiger partial charge in [0, 0.05) is 12.6 Å². The van der Waals surface area contributed by atoms with Crippen molar-refractivity contribution in [3.8, 4) is 11.6 Å². The van der Waals surface area contributed by atoms with Gasteiger partial charge in [0.25, 0.3) is 0 Å². The summed E-state index contributed by atoms with van der Waals surface area (Å²) < 4.78 is 32.6. The van der Waals surface area contributed by atoms with E-state index in [2.05, 4.69) is 9.82 Å². The van der Waals surface area contributed by atoms with Gasteiger partial charge >= 0.3 is 5.69 Å². The third-order valence-corrected chi connectivity index (χ3v) is 3.94. The second-order valence-electron chi connectivity index (χ2n) is 5.07. The minimum absolute atomic E-state index is 0.123. The molecule has 3 rings (SSSR count). The average Bonchev–Trinajstić information content (AvgIpc) is 2.97. The number of aromatic nitrogens is 3. The summed E-state index contributed by atoms with van der Waals surface area (Å²) in [6, 6.07) is 3.65. The van der Waals surface area contributed by atoms with Crippen molar-refractivity contribution < 1.29 is 12.8 Å². The molecule has 0 amide bonds. The van der Waals surface area contributed by atoms with Gasteiger partial charge in [-0.1, -0.05) is 0 Å². The van der Waals surface area contributed by atoms with E-state index in [4.69, 9.17) is 4.42 Å². The highest BCUT2D eigenvalue weighted by atomic mass is 32.2. The quantitative estimate of drug-likeness (QED) is 0.821. The van der Waals surface area contributed by atoms with Crippen LogP contribution in [0.3, 0.4) is 0 Å². The fraction of sp³-hybridized carbons (Fsp3) is 0.500. The smallest absolute Gasteiger partial charge is 0.346 e. The molecule has 1 fully saturated rings. The zero-order valence-corrected chi connectivity index (χ0v) is 12.3. The van der Waals surface area contributed by atoms with Crippen LogP contribution in [-0.4, -0.2) is 35.6 Å². The van der Waals surface area contributed by atoms with Gasteiger partial charge in [0.05, 0.1) is 19.1 Å². The Morgan fingerprint density at radius 3 is 2.81 bits per heavy atom. The van der Waals surface area contributed by atoms with Gasteiger partial charge in [0.1, 0.15) is 0 Å². The normalized spacial score (nSPS) is 15.5. The molecule has 114 valence electrons. The van der Waals surface area contributed by atoms with Crippen molar-refractivity contribution in [2.75, 3.05) is 12.8 Å². The number of hydrogen-bond acceptors (Lipinski definition) is 5. The van der Waals surface area contributed by atoms with E-state index in [1.165, 1.54) is 10.9 Å². The second kappa shape index (κ2) is 5.15. The molecule has 21 heavy (non-hydrogen) atoms. The summed E-state index contributed by atoms with van der Waals surface area (Å²) in [5, 5.41) is 4.27. The Kier molecular flexibility index (Phi) is 3.46. The van der Waals surface area contributed by atoms with Crippen LogP contribution < -0.4 is 10.4 Å². The molecule has 9 heteroatoms. The molecular weight excluding hydrogens is 296 g/mol. The first-order valence-electron chi connectivity index (χ1n) is 6.63. The van der Waals surface area contributed by atoms with E-state index < -0.39 is 10.0 Å². The Balaban J connectivity index is 1.88. The predicted octanol–water partition coefficient (Wildman–Crippen LogP) is 0.189. The van der Waals surface area contributed by atoms with E-state index in [-0.39, 0.29) is 24.8 Å². The molecule has 2 aromatic rings. The van der Waals surface area contributed by atoms with Crippen molar-refractivity contribution >= 4 is 10.0 Å². The fourth-order valence-electron chi connectivity index (χ4n) is 2.14. The van der Waals surface area contributed by atoms with Gasteiger partial charge in [0.15, 0.2) is 5.76 Å². The number of nitrogens with zero attached hydrogens (tertiary/aromatic N) is 3. The Morgan fingerprint density at radius 1 is 1.48 bits per heavy atom. The van der Waals surface area contributed by atoms with Crippen LogP contribution in [0.5, 0.6) is 0 Å². The van der Waals surface area contributed by atoms with Gasteiger partial charge in [-0.25, -0.2) is 22.6 Å². The van der Waals surface area contributed by atoms with Crippen LogP contribution in [-0.2, 0) is 16.6 Å². The first kappa shape index (κ1) is 14.1. The highest BCUT2D eigenvalue weighted by Crippen LogP contribution is 2.36. The van der Waals surface area contributed by atoms with Crippen molar-refractivity contribution in [1.82, 2.24) is 19.1 Å². The molecule has 8 nitrogen and oxygen atoms in total. The second-order valence-corrected chi connectivity index (χ2v) is 6.91. The standard InChI is InChI=1S/C12H16N4O4S/c1-21(18,19)13-6-7-15-12(17)16(9-4-5-9)11(14-15)10-3-2-8-20-10/h2-3,8-9,13H,4-7H2,1H3. The number of furan rings is 1. The largest absolute Gasteiger partial charge is 0.461 e. The lowest BCUT2D eigenvalue weighted by Crippen LogP contribution is -2.31. The lowest BCUT2D eigenvalue weighted by molar-refractivity contribution is 0.549. The molecular formula is C12H16N4O4S. The summed E-state index contributed by atoms with van der Waals surface area (Å²) in [7, 11) is -3.28. The molecule has 1 N–H and O–H groups in total. The molecule has 1 aliphatic rings. The number of sulfonamides is 1. The van der Waals surface area contributed by atoms with E-state index in [1.807, 2.05) is 0 Å². The molecule has 0 atom stereocenters. The van der Waals surface area contributed by atoms with E-state index in [9.17, 15) is 13.2 Å². The number of rotatable bonds is 6. The highest BCUT2D eigenvalue weighted by Gasteiger charge is 2.31. The van der Waals surface area contributed by atoms with Crippen molar-refractivity contribution in [2.45, 2.75) is 25.4 Å². The van der Waals surface area contributed by atoms with Crippen molar-refractivity contribution in [2.24, 2.45) is 0 Å². The third-order valence-electron chi connectivity index (χ3n) is 3.21. The molecule has 0 radical (unpaired) electrons. The molecule has 0 aliphatic heterocycles. The first-order chi connectivity index (χ1) is 9.96. The minimum Gasteiger partial charge on any atom is -0.461 e. The zero-order valence-electron chi connectivity index (χ0n) is 11.5. The van der Waals surface area contributed by atoms with Crippen LogP contribution in [0.15, 0.2) is 27.6 Å². The summed E-state index contributed by atoms with van der Waals surface area (Å²) in [4.78, 5) is 12.4. The summed E-state index contributed by atoms with van der Waals surface area (Å²) in [5.41, 5.74) is -0.237. The molecule has 2 aromatic heterocycles. The van der Waals surface area contributed by atoms with Gasteiger partial charge in [-0.3, -0.25) is 4.57 Å². The molecule has 0 saturated heterocycles. The van der Waals surface area contributed by atoms with Gasteiger partial charge in [-0.15, -0.1) is 5.10 Å². The highest BCUT2D eigenvalue weighted by molar-refractivity contribution is 7.88. The monoisotopic (exact) mass is 312 g/mol. The minimum atomic E-state index is -3.28. The summed E-state index contributed by atoms with van der Waals surface area (Å²) in [6.45, 7) is 0.303. The maximum Gasteiger partial charge on any atom is 0.346 e. The Morgan fingerprint density at radius 2 is 2.24 bits per heavy atom. The number of hydrogen-bond donors (Lipinski definition) is 1. The maximum atomic E-state index is 12.4. The molecule has 1 saturated carbocycles. The maximum absolute atomic E-state index is 12.4. The molecule has 0 spiro atoms. The topological polar surface area (TPSA) is 99.1 Å². The first-order valence-corrected chi connectivity index (χ1v) is 8.53. The summed E-state index contributed by atoms with van der Waals surface area (Å²) >= 11 is 0. The molecule has 0 bridgehead atoms. The van der Waals surface area contributed by atoms with Crippen LogP contribution >= 0.6 is 0 Å². The van der Waals surface area contributed by atoms with Crippen LogP contribution in [0.4, 0.5) is 0 Å². The van der Waals surface area contributed by atoms with Gasteiger partial charge in [-0.05, 0) is 25.0 Å². The van der Waals surface area contributed by atoms with Gasteiger partial charge < -0.3 is 4.42 Å². The lowest BCUT2D eigenvalue weighted by atomic mass is 10.4. The van der Waals surface area contributed by atoms with Crippen LogP contribution in [0.1, 0.15) is 18.9 Å². The fourth-order valence-corrected chi connectivity index (χ4v) is 2.60. The van der Waals surface area contributed by atoms with Crippen LogP contribution in [0.2, 0.25) is 0 Å². The van der Waals surface area contributed by atoms with E-state index in [0.29, 0.717) is 11.6 Å². The van der Waals surface area contributed by atoms with Crippen LogP contribution in [0, 0.1) is 0 Å². The molecule has 0 aromatic carbocycles. The molecule has 1 aliphatic carbocycles. The molecule has 2 heterocycles.